The Bertz CT molecular complexity index is 1060. The third kappa shape index (κ3) is 3.28. The number of anilines is 1. The monoisotopic (exact) mass is 409 g/mol. The van der Waals surface area contributed by atoms with E-state index in [1.54, 1.807) is 41.3 Å². The summed E-state index contributed by atoms with van der Waals surface area (Å²) < 4.78 is 0. The van der Waals surface area contributed by atoms with E-state index in [9.17, 15) is 9.90 Å². The zero-order chi connectivity index (χ0) is 19.8. The Balaban J connectivity index is 1.90. The zero-order valence-electron chi connectivity index (χ0n) is 15.1. The summed E-state index contributed by atoms with van der Waals surface area (Å²) >= 11 is 12.1. The number of hydrogen-bond acceptors (Lipinski definition) is 2. The summed E-state index contributed by atoms with van der Waals surface area (Å²) in [6.07, 6.45) is 0. The SMILES string of the molecule is Cc1ccc(C2=C(O)C(=O)N(c3ccc(Cl)cc3)C2c2ccc(Cl)cc2)cc1. The van der Waals surface area contributed by atoms with E-state index in [2.05, 4.69) is 0 Å². The zero-order valence-corrected chi connectivity index (χ0v) is 16.6. The van der Waals surface area contributed by atoms with Crippen LogP contribution in [-0.2, 0) is 4.79 Å². The minimum Gasteiger partial charge on any atom is -0.503 e. The number of benzene rings is 3. The van der Waals surface area contributed by atoms with Gasteiger partial charge in [0.25, 0.3) is 5.91 Å². The fourth-order valence-electron chi connectivity index (χ4n) is 3.46. The van der Waals surface area contributed by atoms with Gasteiger partial charge in [-0.05, 0) is 54.4 Å². The van der Waals surface area contributed by atoms with Gasteiger partial charge < -0.3 is 5.11 Å². The summed E-state index contributed by atoms with van der Waals surface area (Å²) in [4.78, 5) is 14.6. The molecule has 4 rings (SSSR count). The topological polar surface area (TPSA) is 40.5 Å². The van der Waals surface area contributed by atoms with E-state index < -0.39 is 11.9 Å². The Hall–Kier alpha value is -2.75. The van der Waals surface area contributed by atoms with Crippen molar-refractivity contribution >= 4 is 40.4 Å². The number of nitrogens with zero attached hydrogens (tertiary/aromatic N) is 1. The van der Waals surface area contributed by atoms with Crippen LogP contribution in [0.2, 0.25) is 10.0 Å². The maximum Gasteiger partial charge on any atom is 0.294 e. The number of hydrogen-bond donors (Lipinski definition) is 1. The summed E-state index contributed by atoms with van der Waals surface area (Å²) in [6.45, 7) is 1.99. The van der Waals surface area contributed by atoms with Gasteiger partial charge in [-0.3, -0.25) is 9.69 Å². The van der Waals surface area contributed by atoms with Crippen molar-refractivity contribution in [2.45, 2.75) is 13.0 Å². The van der Waals surface area contributed by atoms with Crippen LogP contribution in [0.1, 0.15) is 22.7 Å². The predicted octanol–water partition coefficient (Wildman–Crippen LogP) is 6.36. The number of carbonyl (C=O) groups is 1. The molecule has 0 bridgehead atoms. The maximum atomic E-state index is 13.1. The van der Waals surface area contributed by atoms with E-state index in [0.717, 1.165) is 16.7 Å². The van der Waals surface area contributed by atoms with Crippen LogP contribution in [0.3, 0.4) is 0 Å². The van der Waals surface area contributed by atoms with E-state index >= 15 is 0 Å². The van der Waals surface area contributed by atoms with E-state index in [0.29, 0.717) is 21.3 Å². The van der Waals surface area contributed by atoms with Crippen LogP contribution in [0.25, 0.3) is 5.57 Å². The summed E-state index contributed by atoms with van der Waals surface area (Å²) in [5.41, 5.74) is 3.98. The van der Waals surface area contributed by atoms with Crippen molar-refractivity contribution in [3.63, 3.8) is 0 Å². The molecule has 0 saturated heterocycles. The molecule has 0 saturated carbocycles. The first-order chi connectivity index (χ1) is 13.5. The third-order valence-corrected chi connectivity index (χ3v) is 5.37. The third-order valence-electron chi connectivity index (χ3n) is 4.86. The van der Waals surface area contributed by atoms with Crippen molar-refractivity contribution in [1.29, 1.82) is 0 Å². The quantitative estimate of drug-likeness (QED) is 0.546. The van der Waals surface area contributed by atoms with Crippen LogP contribution in [0, 0.1) is 6.92 Å². The lowest BCUT2D eigenvalue weighted by atomic mass is 9.93. The molecule has 3 aromatic carbocycles. The summed E-state index contributed by atoms with van der Waals surface area (Å²) in [5, 5.41) is 12.0. The highest BCUT2D eigenvalue weighted by atomic mass is 35.5. The van der Waals surface area contributed by atoms with Crippen LogP contribution in [-0.4, -0.2) is 11.0 Å². The molecule has 3 nitrogen and oxygen atoms in total. The molecule has 0 aliphatic carbocycles. The highest BCUT2D eigenvalue weighted by molar-refractivity contribution is 6.31. The van der Waals surface area contributed by atoms with Crippen molar-refractivity contribution < 1.29 is 9.90 Å². The molecule has 0 radical (unpaired) electrons. The van der Waals surface area contributed by atoms with Crippen molar-refractivity contribution in [1.82, 2.24) is 0 Å². The molecule has 0 fully saturated rings. The van der Waals surface area contributed by atoms with Crippen LogP contribution < -0.4 is 4.90 Å². The summed E-state index contributed by atoms with van der Waals surface area (Å²) in [6, 6.07) is 21.6. The molecule has 1 aliphatic rings. The fraction of sp³-hybridized carbons (Fsp3) is 0.0870. The molecule has 1 atom stereocenters. The minimum atomic E-state index is -0.478. The molecule has 1 aliphatic heterocycles. The molecule has 1 N–H and O–H groups in total. The average molecular weight is 410 g/mol. The lowest BCUT2D eigenvalue weighted by molar-refractivity contribution is -0.117. The van der Waals surface area contributed by atoms with Crippen LogP contribution in [0.4, 0.5) is 5.69 Å². The first-order valence-corrected chi connectivity index (χ1v) is 9.56. The van der Waals surface area contributed by atoms with Gasteiger partial charge >= 0.3 is 0 Å². The predicted molar refractivity (Wildman–Crippen MR) is 114 cm³/mol. The Morgan fingerprint density at radius 2 is 1.36 bits per heavy atom. The Kier molecular flexibility index (Phi) is 4.88. The lowest BCUT2D eigenvalue weighted by Crippen LogP contribution is -2.30. The Morgan fingerprint density at radius 1 is 0.821 bits per heavy atom. The second-order valence-corrected chi connectivity index (χ2v) is 7.61. The van der Waals surface area contributed by atoms with E-state index in [1.807, 2.05) is 43.3 Å². The number of aliphatic hydroxyl groups excluding tert-OH is 1. The summed E-state index contributed by atoms with van der Waals surface area (Å²) in [5.74, 6) is -0.698. The van der Waals surface area contributed by atoms with Gasteiger partial charge in [0.05, 0.1) is 6.04 Å². The van der Waals surface area contributed by atoms with Crippen LogP contribution in [0.5, 0.6) is 0 Å². The lowest BCUT2D eigenvalue weighted by Gasteiger charge is -2.27. The number of rotatable bonds is 3. The standard InChI is InChI=1S/C23H17Cl2NO2/c1-14-2-4-15(5-3-14)20-21(16-6-8-17(24)9-7-16)26(23(28)22(20)27)19-12-10-18(25)11-13-19/h2-13,21,27H,1H3. The van der Waals surface area contributed by atoms with Crippen LogP contribution >= 0.6 is 23.2 Å². The number of aliphatic hydroxyl groups is 1. The van der Waals surface area contributed by atoms with Gasteiger partial charge in [-0.2, -0.15) is 0 Å². The number of amides is 1. The van der Waals surface area contributed by atoms with E-state index in [-0.39, 0.29) is 5.76 Å². The second-order valence-electron chi connectivity index (χ2n) is 6.73. The molecule has 140 valence electrons. The fourth-order valence-corrected chi connectivity index (χ4v) is 3.71. The number of aryl methyl sites for hydroxylation is 1. The molecule has 0 aromatic heterocycles. The number of carbonyl (C=O) groups excluding carboxylic acids is 1. The smallest absolute Gasteiger partial charge is 0.294 e. The molecule has 1 unspecified atom stereocenters. The highest BCUT2D eigenvalue weighted by Gasteiger charge is 2.41. The van der Waals surface area contributed by atoms with Crippen LogP contribution in [0.15, 0.2) is 78.6 Å². The minimum absolute atomic E-state index is 0.251. The van der Waals surface area contributed by atoms with Gasteiger partial charge in [-0.15, -0.1) is 0 Å². The van der Waals surface area contributed by atoms with E-state index in [4.69, 9.17) is 23.2 Å². The van der Waals surface area contributed by atoms with Gasteiger partial charge in [0, 0.05) is 21.3 Å². The first kappa shape index (κ1) is 18.6. The normalized spacial score (nSPS) is 16.8. The molecule has 1 amide bonds. The molecule has 28 heavy (non-hydrogen) atoms. The van der Waals surface area contributed by atoms with Gasteiger partial charge in [0.15, 0.2) is 5.76 Å². The van der Waals surface area contributed by atoms with E-state index in [1.165, 1.54) is 0 Å². The average Bonchev–Trinajstić information content (AvgIpc) is 2.95. The molecular weight excluding hydrogens is 393 g/mol. The summed E-state index contributed by atoms with van der Waals surface area (Å²) in [7, 11) is 0. The van der Waals surface area contributed by atoms with Crippen molar-refractivity contribution in [2.24, 2.45) is 0 Å². The van der Waals surface area contributed by atoms with Gasteiger partial charge in [0.2, 0.25) is 0 Å². The largest absolute Gasteiger partial charge is 0.503 e. The first-order valence-electron chi connectivity index (χ1n) is 8.80. The van der Waals surface area contributed by atoms with Crippen molar-refractivity contribution in [3.05, 3.63) is 105 Å². The molecule has 0 spiro atoms. The van der Waals surface area contributed by atoms with Gasteiger partial charge in [-0.25, -0.2) is 0 Å². The molecule has 1 heterocycles. The molecular formula is C23H17Cl2NO2. The maximum absolute atomic E-state index is 13.1. The molecule has 5 heteroatoms. The van der Waals surface area contributed by atoms with Gasteiger partial charge in [0.1, 0.15) is 0 Å². The Morgan fingerprint density at radius 3 is 1.93 bits per heavy atom. The Labute approximate surface area is 173 Å². The number of halogens is 2. The van der Waals surface area contributed by atoms with Crippen molar-refractivity contribution in [3.8, 4) is 0 Å². The second kappa shape index (κ2) is 7.34. The molecule has 3 aromatic rings. The van der Waals surface area contributed by atoms with Gasteiger partial charge in [-0.1, -0.05) is 65.2 Å². The van der Waals surface area contributed by atoms with Crippen molar-refractivity contribution in [2.75, 3.05) is 4.90 Å². The highest BCUT2D eigenvalue weighted by Crippen LogP contribution is 2.45.